The molecular formula is C25H25ClN2O5S2. The Bertz CT molecular complexity index is 1320. The number of halogens is 1. The number of sulfone groups is 1. The van der Waals surface area contributed by atoms with Crippen molar-refractivity contribution < 1.29 is 22.7 Å². The van der Waals surface area contributed by atoms with Gasteiger partial charge >= 0.3 is 0 Å². The summed E-state index contributed by atoms with van der Waals surface area (Å²) in [5, 5.41) is 3.59. The second-order valence-corrected chi connectivity index (χ2v) is 12.0. The first-order chi connectivity index (χ1) is 16.9. The van der Waals surface area contributed by atoms with Crippen LogP contribution in [-0.4, -0.2) is 56.3 Å². The number of carbonyl (C=O) groups excluding carboxylic acids is 1. The van der Waals surface area contributed by atoms with E-state index in [2.05, 4.69) is 5.38 Å². The molecule has 0 N–H and O–H groups in total. The first kappa shape index (κ1) is 24.1. The highest BCUT2D eigenvalue weighted by Gasteiger charge is 2.27. The Kier molecular flexibility index (Phi) is 7.00. The van der Waals surface area contributed by atoms with E-state index in [0.717, 1.165) is 40.6 Å². The van der Waals surface area contributed by atoms with Gasteiger partial charge in [0.25, 0.3) is 0 Å². The number of piperidine rings is 1. The molecule has 0 aliphatic carbocycles. The van der Waals surface area contributed by atoms with E-state index in [-0.39, 0.29) is 28.9 Å². The van der Waals surface area contributed by atoms with E-state index < -0.39 is 9.84 Å². The number of amides is 1. The molecule has 35 heavy (non-hydrogen) atoms. The average molecular weight is 533 g/mol. The van der Waals surface area contributed by atoms with Crippen LogP contribution in [0.25, 0.3) is 11.3 Å². The van der Waals surface area contributed by atoms with Crippen LogP contribution in [0.5, 0.6) is 11.5 Å². The van der Waals surface area contributed by atoms with Crippen LogP contribution in [0.4, 0.5) is 0 Å². The fourth-order valence-corrected chi connectivity index (χ4v) is 6.68. The fraction of sp³-hybridized carbons (Fsp3) is 0.360. The lowest BCUT2D eigenvalue weighted by Crippen LogP contribution is -2.38. The molecule has 0 radical (unpaired) electrons. The monoisotopic (exact) mass is 532 g/mol. The van der Waals surface area contributed by atoms with Gasteiger partial charge in [-0.1, -0.05) is 11.6 Å². The van der Waals surface area contributed by atoms with Crippen molar-refractivity contribution in [3.05, 3.63) is 57.9 Å². The highest BCUT2D eigenvalue weighted by molar-refractivity contribution is 7.91. The molecule has 2 aliphatic rings. The molecule has 1 amide bonds. The SMILES string of the molecule is O=C(CCS(=O)(=O)c1ccc(Cl)cc1)N1CCC(c2nc(-c3ccc4c(c3)OCCO4)cs2)CC1. The van der Waals surface area contributed by atoms with Crippen molar-refractivity contribution in [2.75, 3.05) is 32.1 Å². The molecule has 1 fully saturated rings. The number of nitrogens with zero attached hydrogens (tertiary/aromatic N) is 2. The second kappa shape index (κ2) is 10.2. The average Bonchev–Trinajstić information content (AvgIpc) is 3.38. The van der Waals surface area contributed by atoms with Gasteiger partial charge in [-0.15, -0.1) is 11.3 Å². The van der Waals surface area contributed by atoms with Crippen LogP contribution < -0.4 is 9.47 Å². The van der Waals surface area contributed by atoms with Gasteiger partial charge in [0.1, 0.15) is 13.2 Å². The molecule has 0 atom stereocenters. The summed E-state index contributed by atoms with van der Waals surface area (Å²) in [7, 11) is -3.53. The Morgan fingerprint density at radius 3 is 2.51 bits per heavy atom. The van der Waals surface area contributed by atoms with Crippen LogP contribution in [0.15, 0.2) is 52.7 Å². The lowest BCUT2D eigenvalue weighted by molar-refractivity contribution is -0.131. The standard InChI is InChI=1S/C25H25ClN2O5S2/c26-19-2-4-20(5-3-19)35(30,31)14-9-24(29)28-10-7-17(8-11-28)25-27-21(16-34-25)18-1-6-22-23(15-18)33-13-12-32-22/h1-6,15-17H,7-14H2. The number of rotatable bonds is 6. The molecule has 3 aromatic rings. The van der Waals surface area contributed by atoms with Crippen molar-refractivity contribution in [1.29, 1.82) is 0 Å². The quantitative estimate of drug-likeness (QED) is 0.453. The van der Waals surface area contributed by atoms with E-state index in [9.17, 15) is 13.2 Å². The molecule has 0 saturated carbocycles. The van der Waals surface area contributed by atoms with Crippen LogP contribution in [-0.2, 0) is 14.6 Å². The topological polar surface area (TPSA) is 85.8 Å². The van der Waals surface area contributed by atoms with E-state index in [0.29, 0.717) is 31.3 Å². The number of hydrogen-bond acceptors (Lipinski definition) is 7. The molecule has 2 aromatic carbocycles. The Morgan fingerprint density at radius 1 is 1.06 bits per heavy atom. The van der Waals surface area contributed by atoms with Gasteiger partial charge in [0, 0.05) is 41.4 Å². The summed E-state index contributed by atoms with van der Waals surface area (Å²) in [5.41, 5.74) is 1.90. The van der Waals surface area contributed by atoms with E-state index >= 15 is 0 Å². The molecular weight excluding hydrogens is 508 g/mol. The summed E-state index contributed by atoms with van der Waals surface area (Å²) in [6.07, 6.45) is 1.59. The van der Waals surface area contributed by atoms with Gasteiger partial charge in [0.05, 0.1) is 21.3 Å². The van der Waals surface area contributed by atoms with Gasteiger partial charge in [0.15, 0.2) is 21.3 Å². The third-order valence-electron chi connectivity index (χ3n) is 6.31. The predicted molar refractivity (Wildman–Crippen MR) is 135 cm³/mol. The van der Waals surface area contributed by atoms with Crippen LogP contribution >= 0.6 is 22.9 Å². The molecule has 2 aliphatic heterocycles. The first-order valence-electron chi connectivity index (χ1n) is 11.5. The first-order valence-corrected chi connectivity index (χ1v) is 14.4. The largest absolute Gasteiger partial charge is 0.486 e. The lowest BCUT2D eigenvalue weighted by atomic mass is 9.97. The molecule has 3 heterocycles. The van der Waals surface area contributed by atoms with Crippen molar-refractivity contribution >= 4 is 38.7 Å². The third-order valence-corrected chi connectivity index (χ3v) is 9.31. The van der Waals surface area contributed by atoms with Crippen molar-refractivity contribution in [3.63, 3.8) is 0 Å². The van der Waals surface area contributed by atoms with Gasteiger partial charge in [-0.3, -0.25) is 4.79 Å². The fourth-order valence-electron chi connectivity index (χ4n) is 4.33. The van der Waals surface area contributed by atoms with Gasteiger partial charge in [0.2, 0.25) is 5.91 Å². The number of likely N-dealkylation sites (tertiary alicyclic amines) is 1. The molecule has 5 rings (SSSR count). The van der Waals surface area contributed by atoms with Crippen molar-refractivity contribution in [2.45, 2.75) is 30.1 Å². The van der Waals surface area contributed by atoms with Crippen molar-refractivity contribution in [3.8, 4) is 22.8 Å². The van der Waals surface area contributed by atoms with Crippen LogP contribution in [0, 0.1) is 0 Å². The van der Waals surface area contributed by atoms with E-state index in [1.54, 1.807) is 28.4 Å². The van der Waals surface area contributed by atoms with Gasteiger partial charge < -0.3 is 14.4 Å². The van der Waals surface area contributed by atoms with Gasteiger partial charge in [-0.05, 0) is 55.3 Å². The summed E-state index contributed by atoms with van der Waals surface area (Å²) in [6, 6.07) is 11.9. The number of carbonyl (C=O) groups is 1. The van der Waals surface area contributed by atoms with E-state index in [1.165, 1.54) is 12.1 Å². The minimum absolute atomic E-state index is 0.0266. The number of aromatic nitrogens is 1. The minimum atomic E-state index is -3.53. The summed E-state index contributed by atoms with van der Waals surface area (Å²) in [5.74, 6) is 1.45. The highest BCUT2D eigenvalue weighted by atomic mass is 35.5. The summed E-state index contributed by atoms with van der Waals surface area (Å²) >= 11 is 7.47. The van der Waals surface area contributed by atoms with Gasteiger partial charge in [-0.25, -0.2) is 13.4 Å². The van der Waals surface area contributed by atoms with E-state index in [1.807, 2.05) is 18.2 Å². The molecule has 7 nitrogen and oxygen atoms in total. The zero-order chi connectivity index (χ0) is 24.4. The van der Waals surface area contributed by atoms with Gasteiger partial charge in [-0.2, -0.15) is 0 Å². The maximum absolute atomic E-state index is 12.7. The molecule has 1 saturated heterocycles. The number of hydrogen-bond donors (Lipinski definition) is 0. The second-order valence-electron chi connectivity index (χ2n) is 8.61. The Morgan fingerprint density at radius 2 is 1.77 bits per heavy atom. The van der Waals surface area contributed by atoms with Crippen LogP contribution in [0.2, 0.25) is 5.02 Å². The summed E-state index contributed by atoms with van der Waals surface area (Å²) in [6.45, 7) is 2.31. The molecule has 0 bridgehead atoms. The van der Waals surface area contributed by atoms with Crippen LogP contribution in [0.3, 0.4) is 0 Å². The highest BCUT2D eigenvalue weighted by Crippen LogP contribution is 2.37. The van der Waals surface area contributed by atoms with Crippen LogP contribution in [0.1, 0.15) is 30.2 Å². The minimum Gasteiger partial charge on any atom is -0.486 e. The third kappa shape index (κ3) is 5.47. The predicted octanol–water partition coefficient (Wildman–Crippen LogP) is 4.80. The summed E-state index contributed by atoms with van der Waals surface area (Å²) < 4.78 is 36.3. The zero-order valence-corrected chi connectivity index (χ0v) is 21.4. The maximum Gasteiger partial charge on any atom is 0.223 e. The number of benzene rings is 2. The molecule has 0 unspecified atom stereocenters. The van der Waals surface area contributed by atoms with Crippen molar-refractivity contribution in [2.24, 2.45) is 0 Å². The zero-order valence-electron chi connectivity index (χ0n) is 19.0. The Hall–Kier alpha value is -2.62. The normalized spacial score (nSPS) is 16.3. The lowest BCUT2D eigenvalue weighted by Gasteiger charge is -2.31. The number of ether oxygens (including phenoxy) is 2. The molecule has 0 spiro atoms. The summed E-state index contributed by atoms with van der Waals surface area (Å²) in [4.78, 5) is 19.5. The number of fused-ring (bicyclic) bond motifs is 1. The molecule has 10 heteroatoms. The molecule has 1 aromatic heterocycles. The van der Waals surface area contributed by atoms with Crippen molar-refractivity contribution in [1.82, 2.24) is 9.88 Å². The Balaban J connectivity index is 1.15. The van der Waals surface area contributed by atoms with E-state index in [4.69, 9.17) is 26.1 Å². The maximum atomic E-state index is 12.7. The Labute approximate surface area is 213 Å². The number of thiazole rings is 1. The molecule has 184 valence electrons. The smallest absolute Gasteiger partial charge is 0.223 e.